The second-order valence-corrected chi connectivity index (χ2v) is 5.82. The molecule has 5 heteroatoms. The van der Waals surface area contributed by atoms with E-state index in [-0.39, 0.29) is 12.1 Å². The van der Waals surface area contributed by atoms with E-state index in [1.807, 2.05) is 7.05 Å². The van der Waals surface area contributed by atoms with E-state index < -0.39 is 0 Å². The van der Waals surface area contributed by atoms with E-state index >= 15 is 0 Å². The molecule has 2 rings (SSSR count). The highest BCUT2D eigenvalue weighted by Crippen LogP contribution is 2.37. The van der Waals surface area contributed by atoms with Gasteiger partial charge in [0.1, 0.15) is 5.82 Å². The molecular formula is C15H28N4O. The number of aryl methyl sites for hydroxylation is 3. The third-order valence-electron chi connectivity index (χ3n) is 4.85. The van der Waals surface area contributed by atoms with E-state index in [9.17, 15) is 5.11 Å². The minimum atomic E-state index is -0.0828. The summed E-state index contributed by atoms with van der Waals surface area (Å²) < 4.78 is 2.06. The maximum absolute atomic E-state index is 9.73. The van der Waals surface area contributed by atoms with E-state index in [0.717, 1.165) is 43.9 Å². The maximum atomic E-state index is 9.73. The monoisotopic (exact) mass is 280 g/mol. The van der Waals surface area contributed by atoms with Crippen molar-refractivity contribution >= 4 is 0 Å². The quantitative estimate of drug-likeness (QED) is 0.795. The van der Waals surface area contributed by atoms with Gasteiger partial charge in [0.15, 0.2) is 5.82 Å². The summed E-state index contributed by atoms with van der Waals surface area (Å²) in [4.78, 5) is 4.56. The second kappa shape index (κ2) is 6.68. The van der Waals surface area contributed by atoms with Crippen molar-refractivity contribution in [2.75, 3.05) is 13.7 Å². The molecule has 0 amide bonds. The summed E-state index contributed by atoms with van der Waals surface area (Å²) >= 11 is 0. The Morgan fingerprint density at radius 2 is 2.20 bits per heavy atom. The van der Waals surface area contributed by atoms with Crippen LogP contribution in [-0.4, -0.2) is 39.1 Å². The predicted octanol–water partition coefficient (Wildman–Crippen LogP) is 1.54. The van der Waals surface area contributed by atoms with Crippen molar-refractivity contribution in [3.63, 3.8) is 0 Å². The lowest BCUT2D eigenvalue weighted by Gasteiger charge is -2.33. The normalized spacial score (nSPS) is 26.3. The highest BCUT2D eigenvalue weighted by Gasteiger charge is 2.40. The molecule has 1 aromatic heterocycles. The number of likely N-dealkylation sites (N-methyl/N-ethyl adjacent to an activating group) is 1. The van der Waals surface area contributed by atoms with Crippen LogP contribution < -0.4 is 5.32 Å². The van der Waals surface area contributed by atoms with Gasteiger partial charge in [-0.2, -0.15) is 5.10 Å². The van der Waals surface area contributed by atoms with Gasteiger partial charge in [0.25, 0.3) is 0 Å². The molecule has 2 atom stereocenters. The Hall–Kier alpha value is -0.940. The van der Waals surface area contributed by atoms with Crippen molar-refractivity contribution in [2.45, 2.75) is 64.5 Å². The van der Waals surface area contributed by atoms with Crippen LogP contribution in [0.15, 0.2) is 0 Å². The summed E-state index contributed by atoms with van der Waals surface area (Å²) in [6, 6.07) is 0. The molecule has 114 valence electrons. The highest BCUT2D eigenvalue weighted by molar-refractivity contribution is 4.99. The largest absolute Gasteiger partial charge is 0.394 e. The van der Waals surface area contributed by atoms with Crippen LogP contribution in [0.1, 0.15) is 51.2 Å². The number of aliphatic hydroxyl groups excluding tert-OH is 1. The van der Waals surface area contributed by atoms with E-state index in [0.29, 0.717) is 5.92 Å². The van der Waals surface area contributed by atoms with Crippen molar-refractivity contribution in [1.82, 2.24) is 20.1 Å². The van der Waals surface area contributed by atoms with Crippen molar-refractivity contribution in [3.05, 3.63) is 11.6 Å². The molecule has 0 spiro atoms. The highest BCUT2D eigenvalue weighted by atomic mass is 16.3. The Morgan fingerprint density at radius 1 is 1.40 bits per heavy atom. The van der Waals surface area contributed by atoms with Crippen LogP contribution in [-0.2, 0) is 19.4 Å². The molecule has 0 radical (unpaired) electrons. The van der Waals surface area contributed by atoms with Gasteiger partial charge in [-0.3, -0.25) is 0 Å². The fraction of sp³-hybridized carbons (Fsp3) is 0.867. The molecule has 1 aliphatic carbocycles. The van der Waals surface area contributed by atoms with Gasteiger partial charge in [-0.25, -0.2) is 9.67 Å². The van der Waals surface area contributed by atoms with E-state index in [1.54, 1.807) is 0 Å². The summed E-state index contributed by atoms with van der Waals surface area (Å²) in [6.45, 7) is 5.35. The van der Waals surface area contributed by atoms with Gasteiger partial charge in [-0.05, 0) is 32.2 Å². The SMILES string of the molecule is CCc1nc(CC)n(CCC2CCCC2(CO)NC)n1. The molecule has 1 aliphatic rings. The summed E-state index contributed by atoms with van der Waals surface area (Å²) in [5.41, 5.74) is -0.0828. The Kier molecular flexibility index (Phi) is 5.16. The van der Waals surface area contributed by atoms with Crippen molar-refractivity contribution in [1.29, 1.82) is 0 Å². The van der Waals surface area contributed by atoms with Crippen molar-refractivity contribution < 1.29 is 5.11 Å². The first kappa shape index (κ1) is 15.4. The third-order valence-corrected chi connectivity index (χ3v) is 4.85. The zero-order valence-corrected chi connectivity index (χ0v) is 13.0. The first-order valence-corrected chi connectivity index (χ1v) is 7.91. The van der Waals surface area contributed by atoms with Crippen LogP contribution in [0.5, 0.6) is 0 Å². The van der Waals surface area contributed by atoms with Gasteiger partial charge in [-0.1, -0.05) is 20.3 Å². The van der Waals surface area contributed by atoms with Gasteiger partial charge < -0.3 is 10.4 Å². The Labute approximate surface area is 121 Å². The molecule has 1 aromatic rings. The fourth-order valence-corrected chi connectivity index (χ4v) is 3.48. The average Bonchev–Trinajstić information content (AvgIpc) is 3.08. The minimum Gasteiger partial charge on any atom is -0.394 e. The lowest BCUT2D eigenvalue weighted by atomic mass is 9.85. The summed E-state index contributed by atoms with van der Waals surface area (Å²) in [7, 11) is 1.97. The summed E-state index contributed by atoms with van der Waals surface area (Å²) in [5, 5.41) is 17.7. The van der Waals surface area contributed by atoms with Gasteiger partial charge >= 0.3 is 0 Å². The average molecular weight is 280 g/mol. The fourth-order valence-electron chi connectivity index (χ4n) is 3.48. The first-order valence-electron chi connectivity index (χ1n) is 7.91. The predicted molar refractivity (Wildman–Crippen MR) is 79.6 cm³/mol. The van der Waals surface area contributed by atoms with E-state index in [1.165, 1.54) is 12.8 Å². The maximum Gasteiger partial charge on any atom is 0.150 e. The minimum absolute atomic E-state index is 0.0828. The molecule has 1 heterocycles. The molecule has 20 heavy (non-hydrogen) atoms. The number of aliphatic hydroxyl groups is 1. The smallest absolute Gasteiger partial charge is 0.150 e. The molecule has 2 N–H and O–H groups in total. The van der Waals surface area contributed by atoms with E-state index in [2.05, 4.69) is 33.9 Å². The Bertz CT molecular complexity index is 426. The summed E-state index contributed by atoms with van der Waals surface area (Å²) in [5.74, 6) is 2.55. The van der Waals surface area contributed by atoms with Crippen molar-refractivity contribution in [2.24, 2.45) is 5.92 Å². The molecule has 1 fully saturated rings. The van der Waals surface area contributed by atoms with Gasteiger partial charge in [0.2, 0.25) is 0 Å². The number of hydrogen-bond acceptors (Lipinski definition) is 4. The van der Waals surface area contributed by atoms with Crippen LogP contribution >= 0.6 is 0 Å². The topological polar surface area (TPSA) is 63.0 Å². The number of nitrogens with zero attached hydrogens (tertiary/aromatic N) is 3. The van der Waals surface area contributed by atoms with Crippen LogP contribution in [0.25, 0.3) is 0 Å². The standard InChI is InChI=1S/C15H28N4O/c1-4-13-17-14(5-2)19(18-13)10-8-12-7-6-9-15(12,11-20)16-3/h12,16,20H,4-11H2,1-3H3. The molecule has 2 unspecified atom stereocenters. The van der Waals surface area contributed by atoms with Crippen molar-refractivity contribution in [3.8, 4) is 0 Å². The van der Waals surface area contributed by atoms with Gasteiger partial charge in [0.05, 0.1) is 6.61 Å². The van der Waals surface area contributed by atoms with Gasteiger partial charge in [-0.15, -0.1) is 0 Å². The lowest BCUT2D eigenvalue weighted by molar-refractivity contribution is 0.124. The van der Waals surface area contributed by atoms with Gasteiger partial charge in [0, 0.05) is 24.9 Å². The van der Waals surface area contributed by atoms with Crippen LogP contribution in [0.2, 0.25) is 0 Å². The second-order valence-electron chi connectivity index (χ2n) is 5.82. The number of rotatable bonds is 7. The number of hydrogen-bond donors (Lipinski definition) is 2. The van der Waals surface area contributed by atoms with Crippen LogP contribution in [0, 0.1) is 5.92 Å². The molecule has 1 saturated carbocycles. The molecule has 0 aromatic carbocycles. The zero-order chi connectivity index (χ0) is 14.6. The van der Waals surface area contributed by atoms with Crippen LogP contribution in [0.3, 0.4) is 0 Å². The molecule has 0 bridgehead atoms. The van der Waals surface area contributed by atoms with Crippen LogP contribution in [0.4, 0.5) is 0 Å². The zero-order valence-electron chi connectivity index (χ0n) is 13.0. The molecule has 5 nitrogen and oxygen atoms in total. The number of nitrogens with one attached hydrogen (secondary N) is 1. The first-order chi connectivity index (χ1) is 9.69. The number of aromatic nitrogens is 3. The molecule has 0 aliphatic heterocycles. The van der Waals surface area contributed by atoms with E-state index in [4.69, 9.17) is 0 Å². The molecule has 0 saturated heterocycles. The lowest BCUT2D eigenvalue weighted by Crippen LogP contribution is -2.49. The molecular weight excluding hydrogens is 252 g/mol. The Morgan fingerprint density at radius 3 is 2.80 bits per heavy atom. The Balaban J connectivity index is 2.03. The third kappa shape index (κ3) is 2.88. The summed E-state index contributed by atoms with van der Waals surface area (Å²) in [6.07, 6.45) is 6.33.